The Labute approximate surface area is 116 Å². The first-order chi connectivity index (χ1) is 9.13. The van der Waals surface area contributed by atoms with E-state index in [0.717, 1.165) is 10.8 Å². The van der Waals surface area contributed by atoms with E-state index in [9.17, 15) is 4.79 Å². The van der Waals surface area contributed by atoms with Crippen LogP contribution in [0.3, 0.4) is 0 Å². The van der Waals surface area contributed by atoms with Gasteiger partial charge < -0.3 is 10.2 Å². The van der Waals surface area contributed by atoms with Crippen LogP contribution in [0.1, 0.15) is 6.92 Å². The molecular weight excluding hydrogens is 264 g/mol. The third-order valence-electron chi connectivity index (χ3n) is 2.74. The maximum atomic E-state index is 11.6. The number of aromatic nitrogens is 2. The topological polar surface area (TPSA) is 58.1 Å². The van der Waals surface area contributed by atoms with E-state index in [4.69, 9.17) is 11.6 Å². The third-order valence-corrected chi connectivity index (χ3v) is 3.02. The maximum Gasteiger partial charge on any atom is 0.239 e. The van der Waals surface area contributed by atoms with Crippen molar-refractivity contribution < 1.29 is 4.79 Å². The Morgan fingerprint density at radius 3 is 2.68 bits per heavy atom. The molecule has 1 aromatic heterocycles. The molecule has 1 aromatic carbocycles. The molecule has 0 aliphatic rings. The molecule has 0 fully saturated rings. The van der Waals surface area contributed by atoms with Crippen molar-refractivity contribution in [2.75, 3.05) is 25.0 Å². The van der Waals surface area contributed by atoms with Gasteiger partial charge in [0.15, 0.2) is 11.0 Å². The molecule has 0 radical (unpaired) electrons. The van der Waals surface area contributed by atoms with E-state index in [0.29, 0.717) is 17.5 Å². The van der Waals surface area contributed by atoms with E-state index in [1.165, 1.54) is 0 Å². The van der Waals surface area contributed by atoms with Gasteiger partial charge in [-0.25, -0.2) is 0 Å². The highest BCUT2D eigenvalue weighted by Gasteiger charge is 2.13. The molecule has 1 amide bonds. The predicted octanol–water partition coefficient (Wildman–Crippen LogP) is 1.86. The number of nitrogens with zero attached hydrogens (tertiary/aromatic N) is 3. The normalized spacial score (nSPS) is 10.5. The molecule has 5 nitrogen and oxygen atoms in total. The summed E-state index contributed by atoms with van der Waals surface area (Å²) in [5.41, 5.74) is 0. The van der Waals surface area contributed by atoms with Crippen molar-refractivity contribution in [2.24, 2.45) is 0 Å². The van der Waals surface area contributed by atoms with E-state index >= 15 is 0 Å². The molecule has 1 N–H and O–H groups in total. The molecule has 0 spiro atoms. The van der Waals surface area contributed by atoms with Gasteiger partial charge in [0.25, 0.3) is 0 Å². The van der Waals surface area contributed by atoms with Gasteiger partial charge in [0.05, 0.1) is 6.54 Å². The number of rotatable bonds is 4. The van der Waals surface area contributed by atoms with Crippen molar-refractivity contribution in [1.29, 1.82) is 0 Å². The van der Waals surface area contributed by atoms with E-state index in [1.807, 2.05) is 31.2 Å². The molecule has 6 heteroatoms. The van der Waals surface area contributed by atoms with Crippen molar-refractivity contribution in [3.63, 3.8) is 0 Å². The van der Waals surface area contributed by atoms with Crippen molar-refractivity contribution in [2.45, 2.75) is 6.92 Å². The number of anilines is 1. The zero-order valence-electron chi connectivity index (χ0n) is 10.9. The monoisotopic (exact) mass is 278 g/mol. The van der Waals surface area contributed by atoms with Crippen LogP contribution in [0.4, 0.5) is 5.82 Å². The highest BCUT2D eigenvalue weighted by molar-refractivity contribution is 6.34. The summed E-state index contributed by atoms with van der Waals surface area (Å²) in [6.07, 6.45) is 0. The van der Waals surface area contributed by atoms with Crippen LogP contribution in [0.25, 0.3) is 10.8 Å². The lowest BCUT2D eigenvalue weighted by molar-refractivity contribution is -0.119. The predicted molar refractivity (Wildman–Crippen MR) is 76.5 cm³/mol. The van der Waals surface area contributed by atoms with Gasteiger partial charge in [-0.3, -0.25) is 4.79 Å². The van der Waals surface area contributed by atoms with Crippen molar-refractivity contribution in [3.05, 3.63) is 29.4 Å². The number of halogens is 1. The van der Waals surface area contributed by atoms with Crippen LogP contribution in [0.5, 0.6) is 0 Å². The molecule has 0 bridgehead atoms. The van der Waals surface area contributed by atoms with E-state index in [1.54, 1.807) is 11.9 Å². The van der Waals surface area contributed by atoms with Gasteiger partial charge in [-0.2, -0.15) is 0 Å². The van der Waals surface area contributed by atoms with Crippen molar-refractivity contribution in [1.82, 2.24) is 15.5 Å². The first-order valence-corrected chi connectivity index (χ1v) is 6.40. The molecule has 0 aliphatic heterocycles. The molecule has 19 heavy (non-hydrogen) atoms. The van der Waals surface area contributed by atoms with Crippen molar-refractivity contribution >= 4 is 34.1 Å². The second-order valence-corrected chi connectivity index (χ2v) is 4.53. The fourth-order valence-electron chi connectivity index (χ4n) is 1.88. The number of carbonyl (C=O) groups excluding carboxylic acids is 1. The quantitative estimate of drug-likeness (QED) is 0.927. The second-order valence-electron chi connectivity index (χ2n) is 4.17. The van der Waals surface area contributed by atoms with Gasteiger partial charge in [-0.1, -0.05) is 35.9 Å². The van der Waals surface area contributed by atoms with Gasteiger partial charge in [0.2, 0.25) is 5.91 Å². The lowest BCUT2D eigenvalue weighted by Gasteiger charge is -2.18. The van der Waals surface area contributed by atoms with E-state index < -0.39 is 0 Å². The number of fused-ring (bicyclic) bond motifs is 1. The Hall–Kier alpha value is -1.88. The van der Waals surface area contributed by atoms with Gasteiger partial charge in [-0.15, -0.1) is 10.2 Å². The first-order valence-electron chi connectivity index (χ1n) is 6.02. The van der Waals surface area contributed by atoms with Crippen LogP contribution in [-0.2, 0) is 4.79 Å². The number of hydrogen-bond acceptors (Lipinski definition) is 4. The summed E-state index contributed by atoms with van der Waals surface area (Å²) >= 11 is 6.02. The molecule has 0 aliphatic carbocycles. The number of hydrogen-bond donors (Lipinski definition) is 1. The molecule has 0 atom stereocenters. The molecule has 100 valence electrons. The summed E-state index contributed by atoms with van der Waals surface area (Å²) in [4.78, 5) is 13.4. The summed E-state index contributed by atoms with van der Waals surface area (Å²) < 4.78 is 0. The van der Waals surface area contributed by atoms with Crippen LogP contribution >= 0.6 is 11.6 Å². The molecule has 0 saturated carbocycles. The van der Waals surface area contributed by atoms with Gasteiger partial charge in [0, 0.05) is 24.4 Å². The van der Waals surface area contributed by atoms with E-state index in [-0.39, 0.29) is 12.5 Å². The van der Waals surface area contributed by atoms with Gasteiger partial charge >= 0.3 is 0 Å². The zero-order chi connectivity index (χ0) is 13.8. The van der Waals surface area contributed by atoms with Crippen LogP contribution in [0.2, 0.25) is 5.15 Å². The highest BCUT2D eigenvalue weighted by Crippen LogP contribution is 2.27. The Morgan fingerprint density at radius 2 is 2.00 bits per heavy atom. The molecular formula is C13H15ClN4O. The third kappa shape index (κ3) is 2.93. The number of nitrogens with one attached hydrogen (secondary N) is 1. The van der Waals surface area contributed by atoms with Crippen LogP contribution in [0.15, 0.2) is 24.3 Å². The molecule has 2 aromatic rings. The van der Waals surface area contributed by atoms with Crippen LogP contribution in [0, 0.1) is 0 Å². The summed E-state index contributed by atoms with van der Waals surface area (Å²) in [5.74, 6) is 0.595. The molecule has 1 heterocycles. The number of benzene rings is 1. The lowest BCUT2D eigenvalue weighted by Crippen LogP contribution is -2.35. The Bertz CT molecular complexity index is 602. The van der Waals surface area contributed by atoms with Gasteiger partial charge in [-0.05, 0) is 6.92 Å². The Kier molecular flexibility index (Phi) is 4.16. The van der Waals surface area contributed by atoms with Crippen LogP contribution < -0.4 is 10.2 Å². The molecule has 2 rings (SSSR count). The SMILES string of the molecule is CCNC(=O)CN(C)c1nnc(Cl)c2ccccc12. The molecule has 0 saturated heterocycles. The van der Waals surface area contributed by atoms with Crippen molar-refractivity contribution in [3.8, 4) is 0 Å². The van der Waals surface area contributed by atoms with Crippen LogP contribution in [-0.4, -0.2) is 36.2 Å². The fraction of sp³-hybridized carbons (Fsp3) is 0.308. The second kappa shape index (κ2) is 5.84. The summed E-state index contributed by atoms with van der Waals surface area (Å²) in [6, 6.07) is 7.60. The lowest BCUT2D eigenvalue weighted by atomic mass is 10.2. The number of likely N-dealkylation sites (N-methyl/N-ethyl adjacent to an activating group) is 2. The zero-order valence-corrected chi connectivity index (χ0v) is 11.6. The highest BCUT2D eigenvalue weighted by atomic mass is 35.5. The fourth-order valence-corrected chi connectivity index (χ4v) is 2.08. The minimum absolute atomic E-state index is 0.0502. The Balaban J connectivity index is 2.35. The average Bonchev–Trinajstić information content (AvgIpc) is 2.39. The largest absolute Gasteiger partial charge is 0.355 e. The summed E-state index contributed by atoms with van der Waals surface area (Å²) in [6.45, 7) is 2.73. The van der Waals surface area contributed by atoms with E-state index in [2.05, 4.69) is 15.5 Å². The Morgan fingerprint density at radius 1 is 1.32 bits per heavy atom. The summed E-state index contributed by atoms with van der Waals surface area (Å²) in [5, 5.41) is 12.8. The maximum absolute atomic E-state index is 11.6. The molecule has 0 unspecified atom stereocenters. The number of amides is 1. The average molecular weight is 279 g/mol. The minimum Gasteiger partial charge on any atom is -0.355 e. The standard InChI is InChI=1S/C13H15ClN4O/c1-3-15-11(19)8-18(2)13-10-7-5-4-6-9(10)12(14)16-17-13/h4-7H,3,8H2,1-2H3,(H,15,19). The van der Waals surface area contributed by atoms with Gasteiger partial charge in [0.1, 0.15) is 0 Å². The minimum atomic E-state index is -0.0502. The number of carbonyl (C=O) groups is 1. The first kappa shape index (κ1) is 13.5. The summed E-state index contributed by atoms with van der Waals surface area (Å²) in [7, 11) is 1.81. The smallest absolute Gasteiger partial charge is 0.239 e.